The van der Waals surface area contributed by atoms with Gasteiger partial charge < -0.3 is 5.11 Å². The van der Waals surface area contributed by atoms with Gasteiger partial charge in [0.1, 0.15) is 5.76 Å². The third-order valence-corrected chi connectivity index (χ3v) is 4.01. The van der Waals surface area contributed by atoms with Crippen LogP contribution in [0.15, 0.2) is 41.4 Å². The van der Waals surface area contributed by atoms with E-state index in [0.717, 1.165) is 39.2 Å². The summed E-state index contributed by atoms with van der Waals surface area (Å²) in [6.07, 6.45) is 1.75. The molecule has 1 N–H and O–H groups in total. The maximum absolute atomic E-state index is 10.5. The number of hydrogen-bond acceptors (Lipinski definition) is 3. The summed E-state index contributed by atoms with van der Waals surface area (Å²) in [4.78, 5) is 4.68. The Hall–Kier alpha value is -1.28. The van der Waals surface area contributed by atoms with Crippen molar-refractivity contribution in [1.82, 2.24) is 0 Å². The molecule has 0 saturated carbocycles. The standard InChI is InChI=1S/C21H25NO.2ClH.O.W/c1-13-10-16(4)20(17(5)11-13)19(23)12-18(6)22-21-14(2)8-7-9-15(21)3;;;;/h7-12,23H,1-6H3;2*1H;;/b19-12-,22-18?;;;;. The molecule has 0 aliphatic carbocycles. The van der Waals surface area contributed by atoms with Gasteiger partial charge in [0.15, 0.2) is 0 Å². The van der Waals surface area contributed by atoms with Gasteiger partial charge in [-0.1, -0.05) is 35.9 Å². The minimum atomic E-state index is 0. The summed E-state index contributed by atoms with van der Waals surface area (Å²) in [5, 5.41) is 10.5. The molecule has 0 aliphatic rings. The van der Waals surface area contributed by atoms with Crippen LogP contribution in [-0.4, -0.2) is 10.8 Å². The molecule has 0 unspecified atom stereocenters. The second-order valence-electron chi connectivity index (χ2n) is 6.30. The fraction of sp³-hybridized carbons (Fsp3) is 0.286. The van der Waals surface area contributed by atoms with E-state index in [1.165, 1.54) is 5.56 Å². The average molecular weight is 580 g/mol. The minimum absolute atomic E-state index is 0. The summed E-state index contributed by atoms with van der Waals surface area (Å²) >= 11 is 0.333. The normalized spacial score (nSPS) is 10.9. The molecule has 0 radical (unpaired) electrons. The summed E-state index contributed by atoms with van der Waals surface area (Å²) in [6.45, 7) is 12.1. The van der Waals surface area contributed by atoms with Gasteiger partial charge in [0, 0.05) is 17.4 Å². The van der Waals surface area contributed by atoms with E-state index in [1.807, 2.05) is 26.8 Å². The first-order chi connectivity index (χ1) is 11.8. The van der Waals surface area contributed by atoms with Gasteiger partial charge in [0.25, 0.3) is 0 Å². The van der Waals surface area contributed by atoms with Gasteiger partial charge >= 0.3 is 23.2 Å². The number of para-hydroxylation sites is 1. The Morgan fingerprint density at radius 2 is 1.37 bits per heavy atom. The molecule has 0 aromatic heterocycles. The number of aliphatic hydroxyl groups is 1. The van der Waals surface area contributed by atoms with Crippen molar-refractivity contribution in [3.63, 3.8) is 0 Å². The van der Waals surface area contributed by atoms with Gasteiger partial charge in [0.05, 0.1) is 5.69 Å². The second-order valence-corrected chi connectivity index (χ2v) is 6.30. The Morgan fingerprint density at radius 1 is 0.926 bits per heavy atom. The zero-order valence-corrected chi connectivity index (χ0v) is 21.1. The van der Waals surface area contributed by atoms with Crippen LogP contribution in [0.25, 0.3) is 5.76 Å². The van der Waals surface area contributed by atoms with E-state index < -0.39 is 0 Å². The van der Waals surface area contributed by atoms with Crippen molar-refractivity contribution in [1.29, 1.82) is 0 Å². The van der Waals surface area contributed by atoms with Crippen LogP contribution in [0.2, 0.25) is 0 Å². The number of nitrogens with zero attached hydrogens (tertiary/aromatic N) is 1. The molecule has 0 heterocycles. The SMILES string of the molecule is CC(/C=C(\O)c1c(C)cc(C)cc1C)=Nc1c(C)cccc1C.Cl.Cl.[O]=[W]. The molecular weight excluding hydrogens is 553 g/mol. The number of rotatable bonds is 3. The van der Waals surface area contributed by atoms with Crippen molar-refractivity contribution >= 4 is 42.0 Å². The van der Waals surface area contributed by atoms with Gasteiger partial charge in [-0.2, -0.15) is 0 Å². The molecule has 27 heavy (non-hydrogen) atoms. The molecule has 0 saturated heterocycles. The number of aliphatic imine (C=N–C) groups is 1. The van der Waals surface area contributed by atoms with E-state index >= 15 is 0 Å². The number of aliphatic hydroxyl groups excluding tert-OH is 1. The molecule has 148 valence electrons. The maximum atomic E-state index is 10.5. The Kier molecular flexibility index (Phi) is 13.4. The quantitative estimate of drug-likeness (QED) is 0.327. The Balaban J connectivity index is 0. The van der Waals surface area contributed by atoms with Crippen LogP contribution in [-0.2, 0) is 23.2 Å². The summed E-state index contributed by atoms with van der Waals surface area (Å²) in [7, 11) is 0. The van der Waals surface area contributed by atoms with Gasteiger partial charge in [0.2, 0.25) is 0 Å². The van der Waals surface area contributed by atoms with Gasteiger partial charge in [-0.3, -0.25) is 4.99 Å². The summed E-state index contributed by atoms with van der Waals surface area (Å²) in [5.74, 6) is 0.271. The predicted octanol–water partition coefficient (Wildman–Crippen LogP) is 6.64. The van der Waals surface area contributed by atoms with Crippen molar-refractivity contribution in [3.05, 3.63) is 69.8 Å². The average Bonchev–Trinajstić information content (AvgIpc) is 2.52. The van der Waals surface area contributed by atoms with Gasteiger partial charge in [-0.25, -0.2) is 0 Å². The van der Waals surface area contributed by atoms with Crippen molar-refractivity contribution in [3.8, 4) is 0 Å². The number of aryl methyl sites for hydroxylation is 5. The second kappa shape index (κ2) is 13.0. The van der Waals surface area contributed by atoms with Crippen molar-refractivity contribution in [2.45, 2.75) is 41.5 Å². The molecule has 0 fully saturated rings. The van der Waals surface area contributed by atoms with Crippen LogP contribution in [0.1, 0.15) is 40.3 Å². The number of benzene rings is 2. The molecule has 2 aromatic carbocycles. The van der Waals surface area contributed by atoms with E-state index in [9.17, 15) is 5.11 Å². The third-order valence-electron chi connectivity index (χ3n) is 4.01. The zero-order valence-electron chi connectivity index (χ0n) is 16.5. The molecule has 2 aromatic rings. The summed E-state index contributed by atoms with van der Waals surface area (Å²) in [6, 6.07) is 10.3. The van der Waals surface area contributed by atoms with Crippen LogP contribution in [0, 0.1) is 34.6 Å². The first-order valence-corrected chi connectivity index (χ1v) is 9.26. The molecule has 2 rings (SSSR count). The van der Waals surface area contributed by atoms with E-state index in [2.05, 4.69) is 50.0 Å². The molecule has 0 amide bonds. The van der Waals surface area contributed by atoms with Crippen LogP contribution in [0.3, 0.4) is 0 Å². The number of hydrogen-bond donors (Lipinski definition) is 1. The molecule has 3 nitrogen and oxygen atoms in total. The Labute approximate surface area is 186 Å². The molecule has 0 spiro atoms. The molecule has 0 aliphatic heterocycles. The van der Waals surface area contributed by atoms with Crippen molar-refractivity contribution in [2.24, 2.45) is 4.99 Å². The van der Waals surface area contributed by atoms with Crippen molar-refractivity contribution in [2.75, 3.05) is 0 Å². The molecular formula is C21H27Cl2NO2W. The fourth-order valence-electron chi connectivity index (χ4n) is 3.04. The molecule has 0 atom stereocenters. The Bertz CT molecular complexity index is 790. The number of halogens is 2. The fourth-order valence-corrected chi connectivity index (χ4v) is 3.04. The van der Waals surface area contributed by atoms with Gasteiger partial charge in [-0.15, -0.1) is 24.8 Å². The molecule has 6 heteroatoms. The Morgan fingerprint density at radius 3 is 1.81 bits per heavy atom. The monoisotopic (exact) mass is 579 g/mol. The van der Waals surface area contributed by atoms with E-state index in [1.54, 1.807) is 6.08 Å². The third kappa shape index (κ3) is 7.69. The van der Waals surface area contributed by atoms with Crippen LogP contribution >= 0.6 is 24.8 Å². The van der Waals surface area contributed by atoms with Crippen LogP contribution < -0.4 is 0 Å². The summed E-state index contributed by atoms with van der Waals surface area (Å²) < 4.78 is 8.33. The molecule has 0 bridgehead atoms. The zero-order chi connectivity index (χ0) is 19.1. The first-order valence-electron chi connectivity index (χ1n) is 8.06. The van der Waals surface area contributed by atoms with Crippen molar-refractivity contribution < 1.29 is 28.3 Å². The summed E-state index contributed by atoms with van der Waals surface area (Å²) in [5.41, 5.74) is 8.31. The number of allylic oxidation sites excluding steroid dienone is 1. The first kappa shape index (κ1) is 27.9. The van der Waals surface area contributed by atoms with Crippen LogP contribution in [0.5, 0.6) is 0 Å². The van der Waals surface area contributed by atoms with Crippen LogP contribution in [0.4, 0.5) is 5.69 Å². The predicted molar refractivity (Wildman–Crippen MR) is 115 cm³/mol. The van der Waals surface area contributed by atoms with E-state index in [4.69, 9.17) is 3.40 Å². The topological polar surface area (TPSA) is 49.7 Å². The van der Waals surface area contributed by atoms with E-state index in [-0.39, 0.29) is 30.6 Å². The van der Waals surface area contributed by atoms with E-state index in [0.29, 0.717) is 19.8 Å². The van der Waals surface area contributed by atoms with Gasteiger partial charge in [-0.05, 0) is 63.8 Å².